The van der Waals surface area contributed by atoms with Crippen molar-refractivity contribution in [3.8, 4) is 5.75 Å². The lowest BCUT2D eigenvalue weighted by Gasteiger charge is -2.35. The van der Waals surface area contributed by atoms with E-state index >= 15 is 4.39 Å². The summed E-state index contributed by atoms with van der Waals surface area (Å²) in [6, 6.07) is 5.22. The topological polar surface area (TPSA) is 89.0 Å². The van der Waals surface area contributed by atoms with Crippen molar-refractivity contribution in [2.24, 2.45) is 0 Å². The van der Waals surface area contributed by atoms with Crippen molar-refractivity contribution < 1.29 is 41.7 Å². The van der Waals surface area contributed by atoms with E-state index in [1.165, 1.54) is 12.1 Å². The number of alkyl halides is 3. The number of pyridine rings is 1. The number of carbonyl (C=O) groups is 2. The third-order valence-electron chi connectivity index (χ3n) is 5.00. The molecule has 0 saturated carbocycles. The number of aliphatic hydroxyl groups is 1. The van der Waals surface area contributed by atoms with Gasteiger partial charge in [-0.1, -0.05) is 0 Å². The van der Waals surface area contributed by atoms with Crippen molar-refractivity contribution in [2.45, 2.75) is 31.0 Å². The third kappa shape index (κ3) is 4.98. The number of nitrogens with zero attached hydrogens (tertiary/aromatic N) is 2. The molecular weight excluding hydrogens is 436 g/mol. The number of halogens is 4. The van der Waals surface area contributed by atoms with Crippen molar-refractivity contribution in [1.82, 2.24) is 4.98 Å². The summed E-state index contributed by atoms with van der Waals surface area (Å²) in [5.74, 6) is -7.27. The number of esters is 1. The van der Waals surface area contributed by atoms with Crippen molar-refractivity contribution in [1.29, 1.82) is 0 Å². The lowest BCUT2D eigenvalue weighted by atomic mass is 9.76. The van der Waals surface area contributed by atoms with Gasteiger partial charge in [0.2, 0.25) is 6.43 Å². The van der Waals surface area contributed by atoms with Gasteiger partial charge < -0.3 is 14.6 Å². The molecule has 0 aliphatic carbocycles. The molecule has 0 fully saturated rings. The molecule has 174 valence electrons. The Bertz CT molecular complexity index is 985. The average Bonchev–Trinajstić information content (AvgIpc) is 2.77. The minimum Gasteiger partial charge on any atom is -0.496 e. The fourth-order valence-electron chi connectivity index (χ4n) is 3.16. The average molecular weight is 458 g/mol. The number of aromatic nitrogens is 1. The maximum atomic E-state index is 15.2. The molecule has 7 nitrogen and oxygen atoms in total. The van der Waals surface area contributed by atoms with E-state index in [0.717, 1.165) is 52.6 Å². The number of hydrogen-bond acceptors (Lipinski definition) is 6. The van der Waals surface area contributed by atoms with Crippen LogP contribution in [0.1, 0.15) is 29.3 Å². The van der Waals surface area contributed by atoms with Gasteiger partial charge in [-0.15, -0.1) is 0 Å². The number of benzene rings is 1. The third-order valence-corrected chi connectivity index (χ3v) is 5.00. The molecule has 2 rings (SSSR count). The highest BCUT2D eigenvalue weighted by Gasteiger charge is 2.51. The zero-order chi connectivity index (χ0) is 24.3. The number of amides is 1. The molecule has 0 spiro atoms. The Kier molecular flexibility index (Phi) is 7.45. The first-order valence-electron chi connectivity index (χ1n) is 9.23. The van der Waals surface area contributed by atoms with E-state index in [1.54, 1.807) is 0 Å². The summed E-state index contributed by atoms with van der Waals surface area (Å²) in [4.78, 5) is 28.5. The Morgan fingerprint density at radius 3 is 2.38 bits per heavy atom. The molecule has 1 aromatic carbocycles. The Morgan fingerprint density at radius 2 is 1.88 bits per heavy atom. The molecule has 2 unspecified atom stereocenters. The summed E-state index contributed by atoms with van der Waals surface area (Å²) in [6.07, 6.45) is -3.64. The Morgan fingerprint density at radius 1 is 1.22 bits per heavy atom. The molecule has 1 amide bonds. The van der Waals surface area contributed by atoms with Crippen molar-refractivity contribution in [3.63, 3.8) is 0 Å². The van der Waals surface area contributed by atoms with Gasteiger partial charge in [0.15, 0.2) is 0 Å². The second-order valence-corrected chi connectivity index (χ2v) is 7.26. The van der Waals surface area contributed by atoms with Gasteiger partial charge in [-0.2, -0.15) is 0 Å². The van der Waals surface area contributed by atoms with Gasteiger partial charge in [-0.3, -0.25) is 9.69 Å². The highest BCUT2D eigenvalue weighted by atomic mass is 19.3. The second-order valence-electron chi connectivity index (χ2n) is 7.26. The number of likely N-dealkylation sites (N-methyl/N-ethyl adjacent to an activating group) is 1. The SMILES string of the molecule is COC(=O)c1ccc(N(C)C(=O)C(O)(F)CC(C)(c2cc(F)ccc2OC)C(F)F)nc1. The lowest BCUT2D eigenvalue weighted by Crippen LogP contribution is -2.50. The molecular formula is C21H22F4N2O5. The van der Waals surface area contributed by atoms with E-state index < -0.39 is 47.4 Å². The molecule has 0 bridgehead atoms. The number of rotatable bonds is 8. The van der Waals surface area contributed by atoms with Gasteiger partial charge in [-0.25, -0.2) is 27.3 Å². The fourth-order valence-corrected chi connectivity index (χ4v) is 3.16. The summed E-state index contributed by atoms with van der Waals surface area (Å²) < 4.78 is 66.5. The van der Waals surface area contributed by atoms with Crippen LogP contribution in [-0.2, 0) is 14.9 Å². The smallest absolute Gasteiger partial charge is 0.339 e. The zero-order valence-corrected chi connectivity index (χ0v) is 17.7. The van der Waals surface area contributed by atoms with Gasteiger partial charge in [0.05, 0.1) is 25.2 Å². The Labute approximate surface area is 181 Å². The number of anilines is 1. The maximum Gasteiger partial charge on any atom is 0.339 e. The van der Waals surface area contributed by atoms with Crippen LogP contribution in [0, 0.1) is 5.82 Å². The standard InChI is InChI=1S/C21H22F4N2O5/c1-20(18(23)24,14-9-13(22)6-7-15(14)31-3)11-21(25,30)19(29)27(2)16-8-5-12(10-26-16)17(28)32-4/h5-10,18,30H,11H2,1-4H3. The van der Waals surface area contributed by atoms with Crippen molar-refractivity contribution in [2.75, 3.05) is 26.2 Å². The molecule has 0 saturated heterocycles. The largest absolute Gasteiger partial charge is 0.496 e. The number of ether oxygens (including phenoxy) is 2. The van der Waals surface area contributed by atoms with E-state index in [4.69, 9.17) is 4.74 Å². The molecule has 1 N–H and O–H groups in total. The molecule has 0 aliphatic heterocycles. The quantitative estimate of drug-likeness (QED) is 0.483. The summed E-state index contributed by atoms with van der Waals surface area (Å²) >= 11 is 0. The van der Waals surface area contributed by atoms with Gasteiger partial charge in [0.25, 0.3) is 11.8 Å². The summed E-state index contributed by atoms with van der Waals surface area (Å²) in [6.45, 7) is 0.885. The zero-order valence-electron chi connectivity index (χ0n) is 17.7. The fraction of sp³-hybridized carbons (Fsp3) is 0.381. The highest BCUT2D eigenvalue weighted by Crippen LogP contribution is 2.43. The van der Waals surface area contributed by atoms with Crippen molar-refractivity contribution in [3.05, 3.63) is 53.5 Å². The number of hydrogen-bond donors (Lipinski definition) is 1. The van der Waals surface area contributed by atoms with Crippen LogP contribution in [0.2, 0.25) is 0 Å². The minimum atomic E-state index is -3.78. The summed E-state index contributed by atoms with van der Waals surface area (Å²) in [7, 11) is 3.38. The van der Waals surface area contributed by atoms with E-state index in [0.29, 0.717) is 4.90 Å². The number of carbonyl (C=O) groups excluding carboxylic acids is 2. The van der Waals surface area contributed by atoms with Crippen LogP contribution in [0.25, 0.3) is 0 Å². The molecule has 2 aromatic rings. The second kappa shape index (κ2) is 9.51. The van der Waals surface area contributed by atoms with Gasteiger partial charge in [-0.05, 0) is 37.3 Å². The summed E-state index contributed by atoms with van der Waals surface area (Å²) in [5, 5.41) is 10.2. The minimum absolute atomic E-state index is 0.0519. The number of methoxy groups -OCH3 is 2. The van der Waals surface area contributed by atoms with Crippen LogP contribution in [-0.4, -0.2) is 55.5 Å². The monoisotopic (exact) mass is 458 g/mol. The Hall–Kier alpha value is -3.21. The molecule has 32 heavy (non-hydrogen) atoms. The van der Waals surface area contributed by atoms with E-state index in [-0.39, 0.29) is 17.1 Å². The molecule has 0 radical (unpaired) electrons. The van der Waals surface area contributed by atoms with Crippen LogP contribution in [0.5, 0.6) is 5.75 Å². The van der Waals surface area contributed by atoms with E-state index in [2.05, 4.69) is 9.72 Å². The van der Waals surface area contributed by atoms with Crippen LogP contribution < -0.4 is 9.64 Å². The van der Waals surface area contributed by atoms with Crippen LogP contribution in [0.3, 0.4) is 0 Å². The lowest BCUT2D eigenvalue weighted by molar-refractivity contribution is -0.166. The molecule has 2 atom stereocenters. The van der Waals surface area contributed by atoms with Gasteiger partial charge >= 0.3 is 5.97 Å². The maximum absolute atomic E-state index is 15.2. The first-order valence-corrected chi connectivity index (χ1v) is 9.23. The first kappa shape index (κ1) is 25.1. The normalized spacial score (nSPS) is 14.9. The van der Waals surface area contributed by atoms with E-state index in [1.807, 2.05) is 0 Å². The van der Waals surface area contributed by atoms with Crippen LogP contribution in [0.4, 0.5) is 23.4 Å². The van der Waals surface area contributed by atoms with Crippen molar-refractivity contribution >= 4 is 17.7 Å². The molecule has 0 aliphatic rings. The molecule has 11 heteroatoms. The first-order chi connectivity index (χ1) is 14.9. The molecule has 1 aromatic heterocycles. The van der Waals surface area contributed by atoms with Crippen LogP contribution in [0.15, 0.2) is 36.5 Å². The van der Waals surface area contributed by atoms with Gasteiger partial charge in [0.1, 0.15) is 17.4 Å². The predicted octanol–water partition coefficient (Wildman–Crippen LogP) is 3.25. The van der Waals surface area contributed by atoms with Crippen LogP contribution >= 0.6 is 0 Å². The molecule has 1 heterocycles. The summed E-state index contributed by atoms with van der Waals surface area (Å²) in [5.41, 5.74) is -2.85. The Balaban J connectivity index is 2.37. The van der Waals surface area contributed by atoms with Gasteiger partial charge in [0, 0.05) is 25.2 Å². The predicted molar refractivity (Wildman–Crippen MR) is 106 cm³/mol. The van der Waals surface area contributed by atoms with E-state index in [9.17, 15) is 27.9 Å². The highest BCUT2D eigenvalue weighted by molar-refractivity contribution is 5.97.